The van der Waals surface area contributed by atoms with E-state index in [2.05, 4.69) is 11.6 Å². The number of aromatic nitrogens is 2. The number of aryl methyl sites for hydroxylation is 1. The third-order valence-electron chi connectivity index (χ3n) is 4.00. The molecular formula is C20H18N4O2. The van der Waals surface area contributed by atoms with E-state index in [9.17, 15) is 10.1 Å². The molecule has 0 fully saturated rings. The van der Waals surface area contributed by atoms with Crippen LogP contribution in [-0.2, 0) is 6.54 Å². The summed E-state index contributed by atoms with van der Waals surface area (Å²) < 4.78 is 7.09. The lowest BCUT2D eigenvalue weighted by Gasteiger charge is -2.12. The van der Waals surface area contributed by atoms with Crippen molar-refractivity contribution in [2.45, 2.75) is 19.9 Å². The molecule has 6 heteroatoms. The number of anilines is 1. The van der Waals surface area contributed by atoms with Crippen molar-refractivity contribution in [3.05, 3.63) is 70.9 Å². The van der Waals surface area contributed by atoms with Gasteiger partial charge in [-0.2, -0.15) is 5.26 Å². The first-order valence-corrected chi connectivity index (χ1v) is 8.09. The van der Waals surface area contributed by atoms with E-state index in [4.69, 9.17) is 10.2 Å². The van der Waals surface area contributed by atoms with Crippen LogP contribution in [0, 0.1) is 11.3 Å². The second-order valence-electron chi connectivity index (χ2n) is 6.06. The quantitative estimate of drug-likeness (QED) is 0.712. The average Bonchev–Trinajstić information content (AvgIpc) is 3.15. The van der Waals surface area contributed by atoms with E-state index in [-0.39, 0.29) is 16.9 Å². The Morgan fingerprint density at radius 1 is 1.42 bits per heavy atom. The molecule has 0 atom stereocenters. The van der Waals surface area contributed by atoms with E-state index < -0.39 is 0 Å². The number of nitrogens with zero attached hydrogens (tertiary/aromatic N) is 3. The molecular weight excluding hydrogens is 328 g/mol. The molecule has 0 bridgehead atoms. The van der Waals surface area contributed by atoms with Crippen molar-refractivity contribution in [2.75, 3.05) is 5.73 Å². The molecule has 0 amide bonds. The Morgan fingerprint density at radius 2 is 2.23 bits per heavy atom. The molecule has 3 aromatic rings. The highest BCUT2D eigenvalue weighted by Crippen LogP contribution is 2.32. The lowest BCUT2D eigenvalue weighted by Crippen LogP contribution is -2.18. The number of rotatable bonds is 5. The molecule has 0 aliphatic carbocycles. The fourth-order valence-corrected chi connectivity index (χ4v) is 2.61. The molecule has 130 valence electrons. The van der Waals surface area contributed by atoms with Crippen molar-refractivity contribution in [3.63, 3.8) is 0 Å². The summed E-state index contributed by atoms with van der Waals surface area (Å²) in [6, 6.07) is 10.5. The van der Waals surface area contributed by atoms with Crippen LogP contribution in [0.25, 0.3) is 22.6 Å². The number of pyridine rings is 2. The van der Waals surface area contributed by atoms with Crippen molar-refractivity contribution in [3.8, 4) is 28.7 Å². The maximum absolute atomic E-state index is 12.1. The third kappa shape index (κ3) is 3.42. The summed E-state index contributed by atoms with van der Waals surface area (Å²) >= 11 is 0. The van der Waals surface area contributed by atoms with E-state index in [0.29, 0.717) is 30.0 Å². The zero-order valence-electron chi connectivity index (χ0n) is 14.4. The summed E-state index contributed by atoms with van der Waals surface area (Å²) in [6.07, 6.45) is 4.01. The largest absolute Gasteiger partial charge is 0.463 e. The van der Waals surface area contributed by atoms with Crippen LogP contribution >= 0.6 is 0 Å². The summed E-state index contributed by atoms with van der Waals surface area (Å²) in [6.45, 7) is 6.33. The number of nitrogen functional groups attached to an aromatic ring is 1. The predicted octanol–water partition coefficient (Wildman–Crippen LogP) is 3.59. The van der Waals surface area contributed by atoms with Gasteiger partial charge in [0.1, 0.15) is 17.6 Å². The minimum absolute atomic E-state index is 0.0986. The Labute approximate surface area is 150 Å². The van der Waals surface area contributed by atoms with Gasteiger partial charge in [0.05, 0.1) is 11.8 Å². The summed E-state index contributed by atoms with van der Waals surface area (Å²) in [7, 11) is 0. The minimum atomic E-state index is -0.0986. The van der Waals surface area contributed by atoms with Gasteiger partial charge in [0.2, 0.25) is 0 Å². The topological polar surface area (TPSA) is 97.8 Å². The van der Waals surface area contributed by atoms with Crippen LogP contribution in [0.15, 0.2) is 64.2 Å². The van der Waals surface area contributed by atoms with Crippen LogP contribution in [0.2, 0.25) is 0 Å². The highest BCUT2D eigenvalue weighted by molar-refractivity contribution is 5.81. The van der Waals surface area contributed by atoms with Gasteiger partial charge in [-0.25, -0.2) is 4.98 Å². The first-order chi connectivity index (χ1) is 12.5. The standard InChI is InChI=1S/C20H18N4O2/c1-13(2)7-8-24-12-14(5-6-18(24)25)16-10-15(11-21)20(22)23-19(16)17-4-3-9-26-17/h3-6,9-10,12H,1,7-8H2,2H3,(H2,22,23). The Kier molecular flexibility index (Phi) is 4.72. The van der Waals surface area contributed by atoms with Gasteiger partial charge >= 0.3 is 0 Å². The maximum Gasteiger partial charge on any atom is 0.250 e. The minimum Gasteiger partial charge on any atom is -0.463 e. The van der Waals surface area contributed by atoms with Gasteiger partial charge < -0.3 is 14.7 Å². The molecule has 0 unspecified atom stereocenters. The van der Waals surface area contributed by atoms with Crippen molar-refractivity contribution >= 4 is 5.82 Å². The number of hydrogen-bond acceptors (Lipinski definition) is 5. The Balaban J connectivity index is 2.17. The lowest BCUT2D eigenvalue weighted by atomic mass is 10.0. The van der Waals surface area contributed by atoms with E-state index in [0.717, 1.165) is 11.1 Å². The molecule has 0 aliphatic heterocycles. The van der Waals surface area contributed by atoms with Gasteiger partial charge in [-0.3, -0.25) is 4.79 Å². The van der Waals surface area contributed by atoms with Gasteiger partial charge in [0.25, 0.3) is 5.56 Å². The summed E-state index contributed by atoms with van der Waals surface area (Å²) in [5, 5.41) is 9.30. The predicted molar refractivity (Wildman–Crippen MR) is 100 cm³/mol. The smallest absolute Gasteiger partial charge is 0.250 e. The molecule has 0 radical (unpaired) electrons. The van der Waals surface area contributed by atoms with Crippen LogP contribution in [0.5, 0.6) is 0 Å². The zero-order chi connectivity index (χ0) is 18.7. The maximum atomic E-state index is 12.1. The number of allylic oxidation sites excluding steroid dienone is 1. The lowest BCUT2D eigenvalue weighted by molar-refractivity contribution is 0.580. The van der Waals surface area contributed by atoms with Crippen molar-refractivity contribution in [2.24, 2.45) is 0 Å². The molecule has 3 rings (SSSR count). The SMILES string of the molecule is C=C(C)CCn1cc(-c2cc(C#N)c(N)nc2-c2ccco2)ccc1=O. The fourth-order valence-electron chi connectivity index (χ4n) is 2.61. The highest BCUT2D eigenvalue weighted by Gasteiger charge is 2.16. The first kappa shape index (κ1) is 17.2. The third-order valence-corrected chi connectivity index (χ3v) is 4.00. The molecule has 0 saturated heterocycles. The van der Waals surface area contributed by atoms with Gasteiger partial charge in [0, 0.05) is 29.9 Å². The zero-order valence-corrected chi connectivity index (χ0v) is 14.4. The number of nitriles is 1. The van der Waals surface area contributed by atoms with Crippen molar-refractivity contribution < 1.29 is 4.42 Å². The highest BCUT2D eigenvalue weighted by atomic mass is 16.3. The van der Waals surface area contributed by atoms with E-state index >= 15 is 0 Å². The average molecular weight is 346 g/mol. The summed E-state index contributed by atoms with van der Waals surface area (Å²) in [5.74, 6) is 0.675. The Bertz CT molecular complexity index is 1060. The molecule has 0 aliphatic rings. The van der Waals surface area contributed by atoms with Crippen LogP contribution in [0.3, 0.4) is 0 Å². The number of furan rings is 1. The van der Waals surface area contributed by atoms with E-state index in [1.54, 1.807) is 41.3 Å². The molecule has 0 saturated carbocycles. The molecule has 26 heavy (non-hydrogen) atoms. The van der Waals surface area contributed by atoms with Gasteiger partial charge in [0.15, 0.2) is 5.76 Å². The van der Waals surface area contributed by atoms with Gasteiger partial charge in [-0.15, -0.1) is 6.58 Å². The summed E-state index contributed by atoms with van der Waals surface area (Å²) in [4.78, 5) is 16.5. The molecule has 3 heterocycles. The fraction of sp³-hybridized carbons (Fsp3) is 0.150. The second kappa shape index (κ2) is 7.11. The number of nitrogens with two attached hydrogens (primary N) is 1. The van der Waals surface area contributed by atoms with Crippen molar-refractivity contribution in [1.29, 1.82) is 5.26 Å². The van der Waals surface area contributed by atoms with Gasteiger partial charge in [-0.05, 0) is 37.6 Å². The van der Waals surface area contributed by atoms with Crippen LogP contribution < -0.4 is 11.3 Å². The second-order valence-corrected chi connectivity index (χ2v) is 6.06. The van der Waals surface area contributed by atoms with Crippen LogP contribution in [-0.4, -0.2) is 9.55 Å². The molecule has 6 nitrogen and oxygen atoms in total. The molecule has 0 aromatic carbocycles. The van der Waals surface area contributed by atoms with Crippen molar-refractivity contribution in [1.82, 2.24) is 9.55 Å². The van der Waals surface area contributed by atoms with Crippen LogP contribution in [0.1, 0.15) is 18.9 Å². The van der Waals surface area contributed by atoms with E-state index in [1.807, 2.05) is 13.0 Å². The molecule has 3 aromatic heterocycles. The monoisotopic (exact) mass is 346 g/mol. The normalized spacial score (nSPS) is 10.5. The van der Waals surface area contributed by atoms with E-state index in [1.165, 1.54) is 6.07 Å². The van der Waals surface area contributed by atoms with Crippen LogP contribution in [0.4, 0.5) is 5.82 Å². The summed E-state index contributed by atoms with van der Waals surface area (Å²) in [5.41, 5.74) is 9.01. The number of hydrogen-bond donors (Lipinski definition) is 1. The molecule has 2 N–H and O–H groups in total. The van der Waals surface area contributed by atoms with Gasteiger partial charge in [-0.1, -0.05) is 5.57 Å². The Hall–Kier alpha value is -3.59. The Morgan fingerprint density at radius 3 is 2.88 bits per heavy atom. The molecule has 0 spiro atoms. The first-order valence-electron chi connectivity index (χ1n) is 8.09.